The summed E-state index contributed by atoms with van der Waals surface area (Å²) in [6.07, 6.45) is 3.34. The first-order valence-corrected chi connectivity index (χ1v) is 8.37. The predicted octanol–water partition coefficient (Wildman–Crippen LogP) is 0.542. The van der Waals surface area contributed by atoms with E-state index in [1.54, 1.807) is 6.20 Å². The molecule has 132 valence electrons. The number of pyridine rings is 1. The molecule has 0 saturated carbocycles. The molecule has 4 heterocycles. The lowest BCUT2D eigenvalue weighted by molar-refractivity contribution is -0.138. The molecule has 0 amide bonds. The van der Waals surface area contributed by atoms with Crippen molar-refractivity contribution in [1.82, 2.24) is 30.6 Å². The molecule has 2 saturated heterocycles. The van der Waals surface area contributed by atoms with Gasteiger partial charge in [0.05, 0.1) is 24.4 Å². The summed E-state index contributed by atoms with van der Waals surface area (Å²) < 4.78 is 6.88. The Balaban J connectivity index is 1.57. The summed E-state index contributed by atoms with van der Waals surface area (Å²) >= 11 is 0. The summed E-state index contributed by atoms with van der Waals surface area (Å²) in [5, 5.41) is 13.6. The van der Waals surface area contributed by atoms with Gasteiger partial charge in [0.1, 0.15) is 12.4 Å². The number of nitrogens with one attached hydrogen (secondary N) is 2. The zero-order valence-corrected chi connectivity index (χ0v) is 13.6. The van der Waals surface area contributed by atoms with Crippen molar-refractivity contribution >= 4 is 5.97 Å². The number of carbonyl (C=O) groups is 1. The molecule has 9 nitrogen and oxygen atoms in total. The first kappa shape index (κ1) is 16.1. The molecule has 25 heavy (non-hydrogen) atoms. The van der Waals surface area contributed by atoms with Gasteiger partial charge in [-0.25, -0.2) is 20.5 Å². The lowest BCUT2D eigenvalue weighted by Crippen LogP contribution is -2.29. The van der Waals surface area contributed by atoms with Crippen molar-refractivity contribution in [3.05, 3.63) is 41.7 Å². The van der Waals surface area contributed by atoms with E-state index in [4.69, 9.17) is 4.74 Å². The van der Waals surface area contributed by atoms with Gasteiger partial charge in [-0.05, 0) is 25.0 Å². The third-order valence-corrected chi connectivity index (χ3v) is 4.56. The molecule has 0 bridgehead atoms. The van der Waals surface area contributed by atoms with Crippen LogP contribution >= 0.6 is 0 Å². The van der Waals surface area contributed by atoms with Gasteiger partial charge in [0.2, 0.25) is 0 Å². The standard InChI is InChI=1S/C16H20N6O3/c23-14(24)8-22-16(18-15(21-22)10-4-6-25-9-10)13-7-12(19-20-13)11-3-1-2-5-17-11/h1-3,5,10,12-13,19-20H,4,6-9H2,(H,23,24). The highest BCUT2D eigenvalue weighted by molar-refractivity contribution is 5.66. The molecule has 2 aliphatic heterocycles. The van der Waals surface area contributed by atoms with Crippen molar-refractivity contribution in [3.8, 4) is 0 Å². The van der Waals surface area contributed by atoms with Gasteiger partial charge in [0.15, 0.2) is 5.82 Å². The Hall–Kier alpha value is -2.36. The highest BCUT2D eigenvalue weighted by atomic mass is 16.5. The Morgan fingerprint density at radius 1 is 1.36 bits per heavy atom. The SMILES string of the molecule is O=C(O)Cn1nc(C2CCOC2)nc1C1CC(c2ccccn2)NN1. The summed E-state index contributed by atoms with van der Waals surface area (Å²) in [7, 11) is 0. The molecule has 3 unspecified atom stereocenters. The zero-order valence-electron chi connectivity index (χ0n) is 13.6. The molecule has 0 aliphatic carbocycles. The van der Waals surface area contributed by atoms with E-state index in [-0.39, 0.29) is 24.5 Å². The van der Waals surface area contributed by atoms with Crippen LogP contribution < -0.4 is 10.9 Å². The van der Waals surface area contributed by atoms with Crippen LogP contribution in [0.1, 0.15) is 48.2 Å². The molecular formula is C16H20N6O3. The van der Waals surface area contributed by atoms with Crippen LogP contribution in [-0.4, -0.2) is 44.0 Å². The fourth-order valence-corrected chi connectivity index (χ4v) is 3.29. The monoisotopic (exact) mass is 344 g/mol. The number of nitrogens with zero attached hydrogens (tertiary/aromatic N) is 4. The average molecular weight is 344 g/mol. The molecule has 0 spiro atoms. The first-order valence-electron chi connectivity index (χ1n) is 8.37. The maximum absolute atomic E-state index is 11.2. The van der Waals surface area contributed by atoms with Crippen LogP contribution in [-0.2, 0) is 16.1 Å². The highest BCUT2D eigenvalue weighted by Gasteiger charge is 2.33. The van der Waals surface area contributed by atoms with Crippen LogP contribution in [0, 0.1) is 0 Å². The van der Waals surface area contributed by atoms with E-state index >= 15 is 0 Å². The Morgan fingerprint density at radius 2 is 2.24 bits per heavy atom. The second-order valence-corrected chi connectivity index (χ2v) is 6.32. The topological polar surface area (TPSA) is 114 Å². The largest absolute Gasteiger partial charge is 0.480 e. The molecule has 2 aromatic rings. The second kappa shape index (κ2) is 6.87. The van der Waals surface area contributed by atoms with Crippen molar-refractivity contribution in [2.45, 2.75) is 37.4 Å². The number of carboxylic acids is 1. The number of hydrogen-bond donors (Lipinski definition) is 3. The maximum atomic E-state index is 11.2. The van der Waals surface area contributed by atoms with E-state index in [1.807, 2.05) is 18.2 Å². The molecule has 0 aromatic carbocycles. The van der Waals surface area contributed by atoms with Gasteiger partial charge in [0.25, 0.3) is 0 Å². The smallest absolute Gasteiger partial charge is 0.325 e. The van der Waals surface area contributed by atoms with E-state index in [0.717, 1.165) is 18.5 Å². The van der Waals surface area contributed by atoms with Crippen LogP contribution in [0.4, 0.5) is 0 Å². The lowest BCUT2D eigenvalue weighted by Gasteiger charge is -2.09. The number of hydrogen-bond acceptors (Lipinski definition) is 7. The second-order valence-electron chi connectivity index (χ2n) is 6.32. The minimum absolute atomic E-state index is 0.0411. The van der Waals surface area contributed by atoms with Crippen molar-refractivity contribution in [3.63, 3.8) is 0 Å². The molecule has 0 radical (unpaired) electrons. The quantitative estimate of drug-likeness (QED) is 0.720. The van der Waals surface area contributed by atoms with Gasteiger partial charge >= 0.3 is 5.97 Å². The number of carboxylic acid groups (broad SMARTS) is 1. The number of rotatable bonds is 5. The summed E-state index contributed by atoms with van der Waals surface area (Å²) in [6.45, 7) is 1.07. The summed E-state index contributed by atoms with van der Waals surface area (Å²) in [4.78, 5) is 20.2. The van der Waals surface area contributed by atoms with E-state index in [9.17, 15) is 9.90 Å². The molecular weight excluding hydrogens is 324 g/mol. The predicted molar refractivity (Wildman–Crippen MR) is 86.4 cm³/mol. The lowest BCUT2D eigenvalue weighted by atomic mass is 10.1. The van der Waals surface area contributed by atoms with Gasteiger partial charge in [-0.2, -0.15) is 5.10 Å². The zero-order chi connectivity index (χ0) is 17.2. The Kier molecular flexibility index (Phi) is 4.43. The number of ether oxygens (including phenoxy) is 1. The number of aliphatic carboxylic acids is 1. The first-order chi connectivity index (χ1) is 12.2. The van der Waals surface area contributed by atoms with Gasteiger partial charge in [-0.15, -0.1) is 0 Å². The fraction of sp³-hybridized carbons (Fsp3) is 0.500. The number of hydrazine groups is 1. The van der Waals surface area contributed by atoms with Gasteiger partial charge in [-0.1, -0.05) is 6.07 Å². The van der Waals surface area contributed by atoms with E-state index < -0.39 is 5.97 Å². The van der Waals surface area contributed by atoms with E-state index in [1.165, 1.54) is 4.68 Å². The Morgan fingerprint density at radius 3 is 2.96 bits per heavy atom. The Labute approximate surface area is 144 Å². The maximum Gasteiger partial charge on any atom is 0.325 e. The van der Waals surface area contributed by atoms with Gasteiger partial charge in [0, 0.05) is 18.7 Å². The minimum Gasteiger partial charge on any atom is -0.480 e. The van der Waals surface area contributed by atoms with Crippen molar-refractivity contribution in [2.24, 2.45) is 0 Å². The minimum atomic E-state index is -0.937. The normalized spacial score (nSPS) is 26.2. The molecule has 4 rings (SSSR count). The third-order valence-electron chi connectivity index (χ3n) is 4.56. The van der Waals surface area contributed by atoms with E-state index in [2.05, 4.69) is 25.9 Å². The average Bonchev–Trinajstić information content (AvgIpc) is 3.35. The van der Waals surface area contributed by atoms with Crippen LogP contribution in [0.3, 0.4) is 0 Å². The Bertz CT molecular complexity index is 744. The van der Waals surface area contributed by atoms with Crippen molar-refractivity contribution in [2.75, 3.05) is 13.2 Å². The molecule has 2 fully saturated rings. The third kappa shape index (κ3) is 3.39. The van der Waals surface area contributed by atoms with Gasteiger partial charge in [-0.3, -0.25) is 9.78 Å². The molecule has 3 atom stereocenters. The summed E-state index contributed by atoms with van der Waals surface area (Å²) in [5.41, 5.74) is 7.35. The fourth-order valence-electron chi connectivity index (χ4n) is 3.29. The highest BCUT2D eigenvalue weighted by Crippen LogP contribution is 2.30. The van der Waals surface area contributed by atoms with Crippen molar-refractivity contribution < 1.29 is 14.6 Å². The van der Waals surface area contributed by atoms with Gasteiger partial charge < -0.3 is 9.84 Å². The molecule has 2 aliphatic rings. The van der Waals surface area contributed by atoms with Crippen LogP contribution in [0.15, 0.2) is 24.4 Å². The van der Waals surface area contributed by atoms with E-state index in [0.29, 0.717) is 24.9 Å². The molecule has 9 heteroatoms. The summed E-state index contributed by atoms with van der Waals surface area (Å²) in [5.74, 6) is 0.495. The van der Waals surface area contributed by atoms with Crippen LogP contribution in [0.2, 0.25) is 0 Å². The molecule has 2 aromatic heterocycles. The van der Waals surface area contributed by atoms with Crippen LogP contribution in [0.25, 0.3) is 0 Å². The molecule has 3 N–H and O–H groups in total. The van der Waals surface area contributed by atoms with Crippen molar-refractivity contribution in [1.29, 1.82) is 0 Å². The number of aromatic nitrogens is 4. The van der Waals surface area contributed by atoms with Crippen LogP contribution in [0.5, 0.6) is 0 Å². The summed E-state index contributed by atoms with van der Waals surface area (Å²) in [6, 6.07) is 5.70.